The van der Waals surface area contributed by atoms with Crippen LogP contribution >= 0.6 is 0 Å². The maximum Gasteiger partial charge on any atom is 0.220 e. The third-order valence-corrected chi connectivity index (χ3v) is 6.12. The number of aliphatic hydroxyl groups is 2. The van der Waals surface area contributed by atoms with Gasteiger partial charge in [0.25, 0.3) is 0 Å². The number of methoxy groups -OCH3 is 4. The van der Waals surface area contributed by atoms with Gasteiger partial charge >= 0.3 is 0 Å². The van der Waals surface area contributed by atoms with Crippen molar-refractivity contribution in [1.29, 1.82) is 0 Å². The summed E-state index contributed by atoms with van der Waals surface area (Å²) in [4.78, 5) is 0. The summed E-state index contributed by atoms with van der Waals surface area (Å²) in [6, 6.07) is 0. The molecule has 2 N–H and O–H groups in total. The molecule has 2 heterocycles. The molecule has 0 aliphatic carbocycles. The number of hydrogen-bond donors (Lipinski definition) is 2. The summed E-state index contributed by atoms with van der Waals surface area (Å²) in [7, 11) is 5.83. The Balaban J connectivity index is 2.12. The summed E-state index contributed by atoms with van der Waals surface area (Å²) < 4.78 is 44.9. The first kappa shape index (κ1) is 23.9. The minimum absolute atomic E-state index is 0.0214. The highest BCUT2D eigenvalue weighted by molar-refractivity contribution is 4.95. The zero-order valence-corrected chi connectivity index (χ0v) is 17.9. The molecule has 0 bridgehead atoms. The van der Waals surface area contributed by atoms with Gasteiger partial charge in [0.05, 0.1) is 13.2 Å². The van der Waals surface area contributed by atoms with Crippen LogP contribution in [0.25, 0.3) is 0 Å². The van der Waals surface area contributed by atoms with Crippen LogP contribution in [-0.4, -0.2) is 99.4 Å². The average molecular weight is 410 g/mol. The highest BCUT2D eigenvalue weighted by Gasteiger charge is 2.58. The van der Waals surface area contributed by atoms with Gasteiger partial charge in [0.1, 0.15) is 24.4 Å². The predicted molar refractivity (Wildman–Crippen MR) is 95.3 cm³/mol. The SMILES string of the molecule is COC1(C)OC[C@H](C(O)[C@H](O)[C@H]2COC(C)(OC)C(C)(OC)O2)OC1(C)OC. The van der Waals surface area contributed by atoms with Crippen LogP contribution in [0.4, 0.5) is 0 Å². The Bertz CT molecular complexity index is 488. The lowest BCUT2D eigenvalue weighted by Gasteiger charge is -2.52. The van der Waals surface area contributed by atoms with Crippen molar-refractivity contribution in [2.45, 2.75) is 75.3 Å². The number of ether oxygens (including phenoxy) is 8. The van der Waals surface area contributed by atoms with Crippen molar-refractivity contribution in [3.8, 4) is 0 Å². The maximum absolute atomic E-state index is 10.7. The smallest absolute Gasteiger partial charge is 0.220 e. The number of hydrogen-bond acceptors (Lipinski definition) is 10. The molecule has 8 atom stereocenters. The molecular formula is C18H34O10. The Hall–Kier alpha value is -0.400. The first-order valence-corrected chi connectivity index (χ1v) is 9.15. The van der Waals surface area contributed by atoms with E-state index in [9.17, 15) is 10.2 Å². The zero-order valence-electron chi connectivity index (χ0n) is 17.9. The fourth-order valence-electron chi connectivity index (χ4n) is 3.34. The second-order valence-electron chi connectivity index (χ2n) is 7.52. The van der Waals surface area contributed by atoms with Crippen LogP contribution in [0.2, 0.25) is 0 Å². The van der Waals surface area contributed by atoms with Crippen LogP contribution in [0.3, 0.4) is 0 Å². The number of aliphatic hydroxyl groups excluding tert-OH is 2. The van der Waals surface area contributed by atoms with Crippen LogP contribution in [-0.2, 0) is 37.9 Å². The van der Waals surface area contributed by atoms with Crippen molar-refractivity contribution in [3.05, 3.63) is 0 Å². The van der Waals surface area contributed by atoms with Gasteiger partial charge < -0.3 is 48.1 Å². The van der Waals surface area contributed by atoms with Gasteiger partial charge in [-0.25, -0.2) is 0 Å². The van der Waals surface area contributed by atoms with Crippen LogP contribution in [0, 0.1) is 0 Å². The molecule has 0 aromatic rings. The molecule has 0 saturated carbocycles. The first-order valence-electron chi connectivity index (χ1n) is 9.15. The molecule has 10 nitrogen and oxygen atoms in total. The summed E-state index contributed by atoms with van der Waals surface area (Å²) in [5, 5.41) is 21.5. The number of rotatable bonds is 7. The van der Waals surface area contributed by atoms with E-state index in [-0.39, 0.29) is 13.2 Å². The minimum atomic E-state index is -1.35. The van der Waals surface area contributed by atoms with Gasteiger partial charge in [0.15, 0.2) is 0 Å². The van der Waals surface area contributed by atoms with Gasteiger partial charge in [-0.15, -0.1) is 0 Å². The van der Waals surface area contributed by atoms with Crippen LogP contribution in [0.15, 0.2) is 0 Å². The molecule has 0 aromatic carbocycles. The minimum Gasteiger partial charge on any atom is -0.387 e. The van der Waals surface area contributed by atoms with E-state index in [0.717, 1.165) is 0 Å². The molecule has 28 heavy (non-hydrogen) atoms. The van der Waals surface area contributed by atoms with Gasteiger partial charge in [-0.3, -0.25) is 0 Å². The lowest BCUT2D eigenvalue weighted by atomic mass is 9.98. The summed E-state index contributed by atoms with van der Waals surface area (Å²) in [5.74, 6) is -4.96. The standard InChI is InChI=1S/C18H34O10/c1-15(21-5)17(3,23-7)27-11(9-25-15)13(19)14(20)12-10-26-16(2,22-6)18(4,24-8)28-12/h11-14,19-20H,9-10H2,1-8H3/t11-,12-,13-,14?,15?,16?,17?,18?/m1/s1. The van der Waals surface area contributed by atoms with E-state index >= 15 is 0 Å². The highest BCUT2D eigenvalue weighted by atomic mass is 16.8. The van der Waals surface area contributed by atoms with Gasteiger partial charge in [0, 0.05) is 28.4 Å². The second-order valence-corrected chi connectivity index (χ2v) is 7.52. The molecule has 0 spiro atoms. The average Bonchev–Trinajstić information content (AvgIpc) is 2.70. The third-order valence-electron chi connectivity index (χ3n) is 6.12. The van der Waals surface area contributed by atoms with E-state index in [0.29, 0.717) is 0 Å². The molecule has 2 rings (SSSR count). The molecule has 5 unspecified atom stereocenters. The molecule has 2 fully saturated rings. The Morgan fingerprint density at radius 2 is 0.929 bits per heavy atom. The summed E-state index contributed by atoms with van der Waals surface area (Å²) >= 11 is 0. The Morgan fingerprint density at radius 1 is 0.643 bits per heavy atom. The molecule has 10 heteroatoms. The summed E-state index contributed by atoms with van der Waals surface area (Å²) in [6.07, 6.45) is -4.48. The molecule has 166 valence electrons. The molecule has 2 aliphatic heterocycles. The fraction of sp³-hybridized carbons (Fsp3) is 1.00. The van der Waals surface area contributed by atoms with E-state index < -0.39 is 47.6 Å². The van der Waals surface area contributed by atoms with Crippen molar-refractivity contribution in [2.24, 2.45) is 0 Å². The van der Waals surface area contributed by atoms with Crippen molar-refractivity contribution >= 4 is 0 Å². The lowest BCUT2D eigenvalue weighted by Crippen LogP contribution is -2.68. The van der Waals surface area contributed by atoms with E-state index in [2.05, 4.69) is 0 Å². The molecule has 0 radical (unpaired) electrons. The van der Waals surface area contributed by atoms with Crippen molar-refractivity contribution < 1.29 is 48.1 Å². The third kappa shape index (κ3) is 3.83. The summed E-state index contributed by atoms with van der Waals surface area (Å²) in [5.41, 5.74) is 0. The predicted octanol–water partition coefficient (Wildman–Crippen LogP) is -0.0106. The normalized spacial score (nSPS) is 46.9. The van der Waals surface area contributed by atoms with E-state index in [1.54, 1.807) is 27.7 Å². The Labute approximate surface area is 165 Å². The van der Waals surface area contributed by atoms with Crippen LogP contribution in [0.5, 0.6) is 0 Å². The quantitative estimate of drug-likeness (QED) is 0.594. The topological polar surface area (TPSA) is 114 Å². The lowest BCUT2D eigenvalue weighted by molar-refractivity contribution is -0.449. The molecule has 0 aromatic heterocycles. The molecule has 0 amide bonds. The Morgan fingerprint density at radius 3 is 1.18 bits per heavy atom. The van der Waals surface area contributed by atoms with Crippen molar-refractivity contribution in [3.63, 3.8) is 0 Å². The fourth-order valence-corrected chi connectivity index (χ4v) is 3.34. The van der Waals surface area contributed by atoms with Gasteiger partial charge in [-0.2, -0.15) is 0 Å². The highest BCUT2D eigenvalue weighted by Crippen LogP contribution is 2.40. The van der Waals surface area contributed by atoms with Gasteiger partial charge in [-0.05, 0) is 27.7 Å². The summed E-state index contributed by atoms with van der Waals surface area (Å²) in [6.45, 7) is 6.56. The second kappa shape index (κ2) is 8.38. The Kier molecular flexibility index (Phi) is 7.15. The molecular weight excluding hydrogens is 376 g/mol. The van der Waals surface area contributed by atoms with E-state index in [1.807, 2.05) is 0 Å². The van der Waals surface area contributed by atoms with E-state index in [1.165, 1.54) is 28.4 Å². The van der Waals surface area contributed by atoms with Crippen molar-refractivity contribution in [2.75, 3.05) is 41.7 Å². The van der Waals surface area contributed by atoms with Gasteiger partial charge in [-0.1, -0.05) is 0 Å². The van der Waals surface area contributed by atoms with Gasteiger partial charge in [0.2, 0.25) is 23.1 Å². The monoisotopic (exact) mass is 410 g/mol. The molecule has 2 saturated heterocycles. The van der Waals surface area contributed by atoms with Crippen LogP contribution < -0.4 is 0 Å². The first-order chi connectivity index (χ1) is 12.9. The zero-order chi connectivity index (χ0) is 21.4. The van der Waals surface area contributed by atoms with Crippen LogP contribution in [0.1, 0.15) is 27.7 Å². The van der Waals surface area contributed by atoms with Crippen molar-refractivity contribution in [1.82, 2.24) is 0 Å². The maximum atomic E-state index is 10.7. The molecule has 2 aliphatic rings. The largest absolute Gasteiger partial charge is 0.387 e. The van der Waals surface area contributed by atoms with E-state index in [4.69, 9.17) is 37.9 Å².